The maximum absolute atomic E-state index is 13.0. The monoisotopic (exact) mass is 372 g/mol. The molecule has 5 rings (SSSR count). The van der Waals surface area contributed by atoms with Crippen molar-refractivity contribution in [1.82, 2.24) is 4.98 Å². The molecule has 2 aromatic carbocycles. The van der Waals surface area contributed by atoms with E-state index in [0.29, 0.717) is 11.6 Å². The zero-order valence-electron chi connectivity index (χ0n) is 15.4. The Bertz CT molecular complexity index is 1010. The summed E-state index contributed by atoms with van der Waals surface area (Å²) < 4.78 is 10.8. The summed E-state index contributed by atoms with van der Waals surface area (Å²) >= 11 is 0. The molecule has 2 heterocycles. The van der Waals surface area contributed by atoms with E-state index < -0.39 is 5.41 Å². The molecular weight excluding hydrogens is 352 g/mol. The number of ether oxygens (including phenoxy) is 2. The van der Waals surface area contributed by atoms with Crippen LogP contribution in [-0.2, 0) is 16.6 Å². The maximum atomic E-state index is 13.0. The lowest BCUT2D eigenvalue weighted by Gasteiger charge is -2.16. The van der Waals surface area contributed by atoms with Crippen molar-refractivity contribution in [3.05, 3.63) is 83.6 Å². The Hall–Kier alpha value is -3.34. The average molecular weight is 372 g/mol. The molecule has 0 bridgehead atoms. The number of hydrogen-bond acceptors (Lipinski definition) is 4. The molecule has 0 atom stereocenters. The number of benzene rings is 2. The Labute approximate surface area is 163 Å². The summed E-state index contributed by atoms with van der Waals surface area (Å²) in [5, 5.41) is 2.98. The lowest BCUT2D eigenvalue weighted by Crippen LogP contribution is -2.28. The summed E-state index contributed by atoms with van der Waals surface area (Å²) in [6.45, 7) is 0.233. The van der Waals surface area contributed by atoms with E-state index in [-0.39, 0.29) is 12.7 Å². The predicted octanol–water partition coefficient (Wildman–Crippen LogP) is 4.07. The molecule has 1 aliphatic heterocycles. The van der Waals surface area contributed by atoms with Crippen LogP contribution in [0.3, 0.4) is 0 Å². The van der Waals surface area contributed by atoms with E-state index in [2.05, 4.69) is 22.4 Å². The van der Waals surface area contributed by atoms with Crippen molar-refractivity contribution in [1.29, 1.82) is 0 Å². The molecule has 28 heavy (non-hydrogen) atoms. The molecular formula is C23H20N2O3. The van der Waals surface area contributed by atoms with E-state index in [1.54, 1.807) is 0 Å². The largest absolute Gasteiger partial charge is 0.454 e. The Morgan fingerprint density at radius 3 is 2.54 bits per heavy atom. The Morgan fingerprint density at radius 1 is 0.964 bits per heavy atom. The molecule has 2 aliphatic rings. The van der Waals surface area contributed by atoms with Gasteiger partial charge in [-0.1, -0.05) is 42.5 Å². The second-order valence-corrected chi connectivity index (χ2v) is 7.32. The minimum absolute atomic E-state index is 0.0188. The van der Waals surface area contributed by atoms with Crippen molar-refractivity contribution >= 4 is 11.7 Å². The van der Waals surface area contributed by atoms with Crippen molar-refractivity contribution in [3.8, 4) is 11.5 Å². The predicted molar refractivity (Wildman–Crippen MR) is 106 cm³/mol. The summed E-state index contributed by atoms with van der Waals surface area (Å²) in [4.78, 5) is 17.4. The normalized spacial score (nSPS) is 15.9. The molecule has 5 nitrogen and oxygen atoms in total. The summed E-state index contributed by atoms with van der Waals surface area (Å²) in [6.07, 6.45) is 4.29. The minimum Gasteiger partial charge on any atom is -0.454 e. The van der Waals surface area contributed by atoms with Gasteiger partial charge in [-0.15, -0.1) is 0 Å². The van der Waals surface area contributed by atoms with Crippen LogP contribution >= 0.6 is 0 Å². The van der Waals surface area contributed by atoms with E-state index in [9.17, 15) is 4.79 Å². The van der Waals surface area contributed by atoms with Crippen LogP contribution in [0.1, 0.15) is 29.5 Å². The second kappa shape index (κ2) is 6.68. The maximum Gasteiger partial charge on any atom is 0.236 e. The van der Waals surface area contributed by atoms with Gasteiger partial charge in [0.1, 0.15) is 5.82 Å². The number of carbonyl (C=O) groups is 1. The Balaban J connectivity index is 1.29. The third kappa shape index (κ3) is 3.09. The van der Waals surface area contributed by atoms with Gasteiger partial charge in [0, 0.05) is 6.20 Å². The number of carbonyl (C=O) groups excluding carboxylic acids is 1. The fourth-order valence-corrected chi connectivity index (χ4v) is 3.64. The molecule has 5 heteroatoms. The first-order valence-corrected chi connectivity index (χ1v) is 9.43. The van der Waals surface area contributed by atoms with Crippen molar-refractivity contribution in [2.24, 2.45) is 0 Å². The zero-order chi connectivity index (χ0) is 19.0. The quantitative estimate of drug-likeness (QED) is 0.733. The number of amides is 1. The van der Waals surface area contributed by atoms with Gasteiger partial charge >= 0.3 is 0 Å². The first-order chi connectivity index (χ1) is 13.7. The Kier molecular flexibility index (Phi) is 4.01. The van der Waals surface area contributed by atoms with Crippen LogP contribution in [0.15, 0.2) is 66.9 Å². The molecule has 1 aliphatic carbocycles. The molecule has 1 fully saturated rings. The molecule has 1 aromatic heterocycles. The van der Waals surface area contributed by atoms with Crippen LogP contribution < -0.4 is 14.8 Å². The summed E-state index contributed by atoms with van der Waals surface area (Å²) in [7, 11) is 0. The van der Waals surface area contributed by atoms with Gasteiger partial charge in [0.2, 0.25) is 12.7 Å². The van der Waals surface area contributed by atoms with Crippen LogP contribution in [0.5, 0.6) is 11.5 Å². The highest BCUT2D eigenvalue weighted by Gasteiger charge is 2.51. The fourth-order valence-electron chi connectivity index (χ4n) is 3.64. The van der Waals surface area contributed by atoms with Gasteiger partial charge in [0.15, 0.2) is 11.5 Å². The van der Waals surface area contributed by atoms with E-state index >= 15 is 0 Å². The van der Waals surface area contributed by atoms with Gasteiger partial charge in [-0.25, -0.2) is 4.98 Å². The van der Waals surface area contributed by atoms with Crippen LogP contribution in [0.4, 0.5) is 5.82 Å². The lowest BCUT2D eigenvalue weighted by molar-refractivity contribution is -0.118. The molecule has 0 saturated heterocycles. The minimum atomic E-state index is -0.495. The number of nitrogens with one attached hydrogen (secondary N) is 1. The van der Waals surface area contributed by atoms with E-state index in [0.717, 1.165) is 36.1 Å². The molecule has 1 N–H and O–H groups in total. The number of pyridine rings is 1. The summed E-state index contributed by atoms with van der Waals surface area (Å²) in [5.74, 6) is 2.00. The molecule has 3 aromatic rings. The highest BCUT2D eigenvalue weighted by molar-refractivity contribution is 6.01. The molecule has 1 saturated carbocycles. The third-order valence-electron chi connectivity index (χ3n) is 5.43. The SMILES string of the molecule is O=C(Nc1ccc(Cc2ccccc2)cn1)C1(c2ccc3c(c2)OCO3)CC1. The van der Waals surface area contributed by atoms with Gasteiger partial charge in [-0.3, -0.25) is 4.79 Å². The van der Waals surface area contributed by atoms with Crippen molar-refractivity contribution in [3.63, 3.8) is 0 Å². The molecule has 140 valence electrons. The highest BCUT2D eigenvalue weighted by atomic mass is 16.7. The molecule has 1 amide bonds. The van der Waals surface area contributed by atoms with Gasteiger partial charge in [0.05, 0.1) is 5.41 Å². The summed E-state index contributed by atoms with van der Waals surface area (Å²) in [6, 6.07) is 19.9. The van der Waals surface area contributed by atoms with E-state index in [4.69, 9.17) is 9.47 Å². The fraction of sp³-hybridized carbons (Fsp3) is 0.217. The van der Waals surface area contributed by atoms with Gasteiger partial charge in [-0.2, -0.15) is 0 Å². The number of rotatable bonds is 5. The van der Waals surface area contributed by atoms with Crippen LogP contribution in [-0.4, -0.2) is 17.7 Å². The standard InChI is InChI=1S/C23H20N2O3/c26-22(23(10-11-23)18-7-8-19-20(13-18)28-15-27-19)25-21-9-6-17(14-24-21)12-16-4-2-1-3-5-16/h1-9,13-14H,10-12,15H2,(H,24,25,26). The van der Waals surface area contributed by atoms with Crippen molar-refractivity contribution < 1.29 is 14.3 Å². The smallest absolute Gasteiger partial charge is 0.236 e. The zero-order valence-corrected chi connectivity index (χ0v) is 15.4. The third-order valence-corrected chi connectivity index (χ3v) is 5.43. The molecule has 0 spiro atoms. The number of hydrogen-bond donors (Lipinski definition) is 1. The topological polar surface area (TPSA) is 60.5 Å². The first kappa shape index (κ1) is 16.8. The average Bonchev–Trinajstić information content (AvgIpc) is 3.41. The highest BCUT2D eigenvalue weighted by Crippen LogP contribution is 2.51. The number of fused-ring (bicyclic) bond motifs is 1. The molecule has 0 radical (unpaired) electrons. The molecule has 0 unspecified atom stereocenters. The van der Waals surface area contributed by atoms with Crippen molar-refractivity contribution in [2.75, 3.05) is 12.1 Å². The van der Waals surface area contributed by atoms with Gasteiger partial charge in [-0.05, 0) is 54.2 Å². The van der Waals surface area contributed by atoms with Crippen LogP contribution in [0, 0.1) is 0 Å². The second-order valence-electron chi connectivity index (χ2n) is 7.32. The summed E-state index contributed by atoms with van der Waals surface area (Å²) in [5.41, 5.74) is 2.82. The van der Waals surface area contributed by atoms with Gasteiger partial charge < -0.3 is 14.8 Å². The number of anilines is 1. The van der Waals surface area contributed by atoms with Crippen LogP contribution in [0.25, 0.3) is 0 Å². The van der Waals surface area contributed by atoms with Gasteiger partial charge in [0.25, 0.3) is 0 Å². The number of nitrogens with zero attached hydrogens (tertiary/aromatic N) is 1. The van der Waals surface area contributed by atoms with E-state index in [1.165, 1.54) is 5.56 Å². The van der Waals surface area contributed by atoms with E-state index in [1.807, 2.05) is 54.7 Å². The first-order valence-electron chi connectivity index (χ1n) is 9.43. The number of aromatic nitrogens is 1. The van der Waals surface area contributed by atoms with Crippen molar-refractivity contribution in [2.45, 2.75) is 24.7 Å². The lowest BCUT2D eigenvalue weighted by atomic mass is 9.94. The van der Waals surface area contributed by atoms with Crippen LogP contribution in [0.2, 0.25) is 0 Å². The Morgan fingerprint density at radius 2 is 1.79 bits per heavy atom.